The Morgan fingerprint density at radius 1 is 1.04 bits per heavy atom. The van der Waals surface area contributed by atoms with E-state index in [-0.39, 0.29) is 5.91 Å². The Bertz CT molecular complexity index is 881. The fourth-order valence-electron chi connectivity index (χ4n) is 3.20. The van der Waals surface area contributed by atoms with Crippen molar-refractivity contribution < 1.29 is 4.79 Å². The monoisotopic (exact) mass is 321 g/mol. The normalized spacial score (nSPS) is 14.9. The van der Waals surface area contributed by atoms with E-state index >= 15 is 0 Å². The summed E-state index contributed by atoms with van der Waals surface area (Å²) in [5.74, 6) is 0.288. The molecule has 0 aliphatic carbocycles. The summed E-state index contributed by atoms with van der Waals surface area (Å²) in [7, 11) is 0. The first kappa shape index (κ1) is 14.7. The fraction of sp³-hybridized carbons (Fsp3) is 0.278. The van der Waals surface area contributed by atoms with Crippen molar-refractivity contribution in [2.75, 3.05) is 18.8 Å². The second-order valence-corrected chi connectivity index (χ2v) is 6.07. The molecular formula is C18H19N5O. The summed E-state index contributed by atoms with van der Waals surface area (Å²) in [5.41, 5.74) is 9.24. The summed E-state index contributed by atoms with van der Waals surface area (Å²) < 4.78 is 1.56. The van der Waals surface area contributed by atoms with Gasteiger partial charge in [0, 0.05) is 24.8 Å². The minimum atomic E-state index is -0.0571. The molecule has 2 aromatic heterocycles. The van der Waals surface area contributed by atoms with E-state index in [4.69, 9.17) is 5.73 Å². The molecule has 1 aliphatic rings. The van der Waals surface area contributed by atoms with Crippen LogP contribution in [-0.4, -0.2) is 38.5 Å². The van der Waals surface area contributed by atoms with Crippen LogP contribution in [0.15, 0.2) is 42.7 Å². The highest BCUT2D eigenvalue weighted by Crippen LogP contribution is 2.26. The zero-order valence-electron chi connectivity index (χ0n) is 13.4. The molecule has 6 nitrogen and oxygen atoms in total. The van der Waals surface area contributed by atoms with Crippen molar-refractivity contribution in [2.45, 2.75) is 19.3 Å². The average Bonchev–Trinajstić information content (AvgIpc) is 3.08. The Balaban J connectivity index is 1.75. The Labute approximate surface area is 139 Å². The van der Waals surface area contributed by atoms with Gasteiger partial charge in [-0.25, -0.2) is 4.98 Å². The number of carbonyl (C=O) groups is 1. The first-order chi connectivity index (χ1) is 11.8. The Morgan fingerprint density at radius 3 is 2.54 bits per heavy atom. The highest BCUT2D eigenvalue weighted by molar-refractivity contribution is 5.99. The molecule has 4 rings (SSSR count). The van der Waals surface area contributed by atoms with Gasteiger partial charge >= 0.3 is 0 Å². The Morgan fingerprint density at radius 2 is 1.79 bits per heavy atom. The SMILES string of the molecule is Nc1c(C(=O)N2CCCCC2)cnc2c(-c3ccccc3)cnn12. The molecule has 0 saturated carbocycles. The van der Waals surface area contributed by atoms with Gasteiger partial charge in [0.1, 0.15) is 11.4 Å². The first-order valence-corrected chi connectivity index (χ1v) is 8.22. The van der Waals surface area contributed by atoms with Crippen LogP contribution in [0.4, 0.5) is 5.82 Å². The zero-order valence-corrected chi connectivity index (χ0v) is 13.4. The molecule has 2 N–H and O–H groups in total. The highest BCUT2D eigenvalue weighted by Gasteiger charge is 2.23. The van der Waals surface area contributed by atoms with Crippen LogP contribution in [0, 0.1) is 0 Å². The summed E-state index contributed by atoms with van der Waals surface area (Å²) in [4.78, 5) is 19.0. The molecule has 1 aromatic carbocycles. The largest absolute Gasteiger partial charge is 0.383 e. The van der Waals surface area contributed by atoms with Crippen molar-refractivity contribution >= 4 is 17.4 Å². The van der Waals surface area contributed by atoms with Gasteiger partial charge in [-0.15, -0.1) is 0 Å². The van der Waals surface area contributed by atoms with E-state index in [0.29, 0.717) is 17.0 Å². The number of nitrogens with two attached hydrogens (primary N) is 1. The van der Waals surface area contributed by atoms with Gasteiger partial charge in [-0.3, -0.25) is 4.79 Å². The molecule has 24 heavy (non-hydrogen) atoms. The van der Waals surface area contributed by atoms with Crippen molar-refractivity contribution in [1.29, 1.82) is 0 Å². The number of nitrogen functional groups attached to an aromatic ring is 1. The number of benzene rings is 1. The molecule has 1 saturated heterocycles. The van der Waals surface area contributed by atoms with Gasteiger partial charge in [-0.05, 0) is 24.8 Å². The summed E-state index contributed by atoms with van der Waals surface area (Å²) in [5, 5.41) is 4.34. The number of aromatic nitrogens is 3. The van der Waals surface area contributed by atoms with Gasteiger partial charge in [0.2, 0.25) is 0 Å². The number of fused-ring (bicyclic) bond motifs is 1. The van der Waals surface area contributed by atoms with Crippen LogP contribution in [0.5, 0.6) is 0 Å². The van der Waals surface area contributed by atoms with E-state index in [1.807, 2.05) is 35.2 Å². The number of carbonyl (C=O) groups excluding carboxylic acids is 1. The molecule has 3 aromatic rings. The van der Waals surface area contributed by atoms with Gasteiger partial charge in [0.25, 0.3) is 5.91 Å². The van der Waals surface area contributed by atoms with E-state index in [1.54, 1.807) is 16.9 Å². The molecule has 0 bridgehead atoms. The van der Waals surface area contributed by atoms with Crippen LogP contribution in [0.3, 0.4) is 0 Å². The van der Waals surface area contributed by atoms with Crippen LogP contribution < -0.4 is 5.73 Å². The lowest BCUT2D eigenvalue weighted by molar-refractivity contribution is 0.0724. The van der Waals surface area contributed by atoms with Crippen molar-refractivity contribution in [3.05, 3.63) is 48.3 Å². The second kappa shape index (κ2) is 5.96. The third kappa shape index (κ3) is 2.40. The minimum Gasteiger partial charge on any atom is -0.383 e. The van der Waals surface area contributed by atoms with Gasteiger partial charge in [0.15, 0.2) is 5.65 Å². The second-order valence-electron chi connectivity index (χ2n) is 6.07. The van der Waals surface area contributed by atoms with E-state index < -0.39 is 0 Å². The van der Waals surface area contributed by atoms with Crippen LogP contribution >= 0.6 is 0 Å². The number of nitrogens with zero attached hydrogens (tertiary/aromatic N) is 4. The van der Waals surface area contributed by atoms with Gasteiger partial charge in [-0.1, -0.05) is 30.3 Å². The number of anilines is 1. The van der Waals surface area contributed by atoms with E-state index in [0.717, 1.165) is 37.1 Å². The topological polar surface area (TPSA) is 76.5 Å². The first-order valence-electron chi connectivity index (χ1n) is 8.22. The Hall–Kier alpha value is -2.89. The van der Waals surface area contributed by atoms with Gasteiger partial charge < -0.3 is 10.6 Å². The smallest absolute Gasteiger partial charge is 0.259 e. The van der Waals surface area contributed by atoms with Crippen molar-refractivity contribution in [3.63, 3.8) is 0 Å². The third-order valence-corrected chi connectivity index (χ3v) is 4.52. The molecule has 6 heteroatoms. The summed E-state index contributed by atoms with van der Waals surface area (Å²) >= 11 is 0. The Kier molecular flexibility index (Phi) is 3.65. The number of hydrogen-bond donors (Lipinski definition) is 1. The minimum absolute atomic E-state index is 0.0571. The van der Waals surface area contributed by atoms with Crippen LogP contribution in [-0.2, 0) is 0 Å². The maximum atomic E-state index is 12.7. The average molecular weight is 321 g/mol. The van der Waals surface area contributed by atoms with Crippen molar-refractivity contribution in [3.8, 4) is 11.1 Å². The van der Waals surface area contributed by atoms with E-state index in [1.165, 1.54) is 6.42 Å². The summed E-state index contributed by atoms with van der Waals surface area (Å²) in [6.07, 6.45) is 6.58. The molecule has 1 aliphatic heterocycles. The maximum absolute atomic E-state index is 12.7. The highest BCUT2D eigenvalue weighted by atomic mass is 16.2. The molecular weight excluding hydrogens is 302 g/mol. The maximum Gasteiger partial charge on any atom is 0.259 e. The standard InChI is InChI=1S/C18H19N5O/c19-16-15(18(24)22-9-5-2-6-10-22)11-20-17-14(12-21-23(16)17)13-7-3-1-4-8-13/h1,3-4,7-8,11-12H,2,5-6,9-10,19H2. The number of likely N-dealkylation sites (tertiary alicyclic amines) is 1. The number of piperidine rings is 1. The predicted molar refractivity (Wildman–Crippen MR) is 92.6 cm³/mol. The van der Waals surface area contributed by atoms with Crippen LogP contribution in [0.1, 0.15) is 29.6 Å². The quantitative estimate of drug-likeness (QED) is 0.787. The summed E-state index contributed by atoms with van der Waals surface area (Å²) in [6, 6.07) is 9.91. The molecule has 0 unspecified atom stereocenters. The lowest BCUT2D eigenvalue weighted by Gasteiger charge is -2.27. The number of hydrogen-bond acceptors (Lipinski definition) is 4. The molecule has 122 valence electrons. The lowest BCUT2D eigenvalue weighted by atomic mass is 10.1. The predicted octanol–water partition coefficient (Wildman–Crippen LogP) is 2.60. The zero-order chi connectivity index (χ0) is 16.5. The van der Waals surface area contributed by atoms with Crippen LogP contribution in [0.25, 0.3) is 16.8 Å². The molecule has 3 heterocycles. The van der Waals surface area contributed by atoms with E-state index in [9.17, 15) is 4.79 Å². The molecule has 0 radical (unpaired) electrons. The van der Waals surface area contributed by atoms with Crippen molar-refractivity contribution in [2.24, 2.45) is 0 Å². The molecule has 0 atom stereocenters. The fourth-order valence-corrected chi connectivity index (χ4v) is 3.20. The van der Waals surface area contributed by atoms with Gasteiger partial charge in [0.05, 0.1) is 6.20 Å². The van der Waals surface area contributed by atoms with Gasteiger partial charge in [-0.2, -0.15) is 9.61 Å². The number of amides is 1. The molecule has 1 fully saturated rings. The lowest BCUT2D eigenvalue weighted by Crippen LogP contribution is -2.36. The van der Waals surface area contributed by atoms with Crippen molar-refractivity contribution in [1.82, 2.24) is 19.5 Å². The van der Waals surface area contributed by atoms with Crippen LogP contribution in [0.2, 0.25) is 0 Å². The molecule has 0 spiro atoms. The van der Waals surface area contributed by atoms with E-state index in [2.05, 4.69) is 10.1 Å². The number of rotatable bonds is 2. The molecule has 1 amide bonds. The third-order valence-electron chi connectivity index (χ3n) is 4.52. The summed E-state index contributed by atoms with van der Waals surface area (Å²) in [6.45, 7) is 1.56.